The minimum Gasteiger partial charge on any atom is -0.245 e. The van der Waals surface area contributed by atoms with Crippen molar-refractivity contribution in [3.63, 3.8) is 0 Å². The van der Waals surface area contributed by atoms with Crippen LogP contribution >= 0.6 is 0 Å². The number of benzene rings is 8. The maximum atomic E-state index is 5.29. The van der Waals surface area contributed by atoms with Crippen LogP contribution in [0.1, 0.15) is 0 Å². The van der Waals surface area contributed by atoms with Crippen LogP contribution in [0.2, 0.25) is 0 Å². The Kier molecular flexibility index (Phi) is 8.11. The molecule has 0 saturated heterocycles. The number of nitrogens with zero attached hydrogens (tertiary/aromatic N) is 4. The minimum absolute atomic E-state index is 0.631. The average Bonchev–Trinajstić information content (AvgIpc) is 3.31. The topological polar surface area (TPSA) is 51.6 Å². The summed E-state index contributed by atoms with van der Waals surface area (Å²) < 4.78 is 0. The second-order valence-corrected chi connectivity index (χ2v) is 14.6. The van der Waals surface area contributed by atoms with Gasteiger partial charge in [0.2, 0.25) is 0 Å². The first-order valence-corrected chi connectivity index (χ1v) is 19.5. The highest BCUT2D eigenvalue weighted by Crippen LogP contribution is 2.38. The first-order chi connectivity index (χ1) is 28.8. The van der Waals surface area contributed by atoms with Gasteiger partial charge in [-0.25, -0.2) is 19.9 Å². The summed E-state index contributed by atoms with van der Waals surface area (Å²) in [4.78, 5) is 19.2. The number of hydrogen-bond acceptors (Lipinski definition) is 4. The number of aromatic nitrogens is 4. The zero-order chi connectivity index (χ0) is 38.4. The number of hydrogen-bond donors (Lipinski definition) is 0. The monoisotopic (exact) mass is 738 g/mol. The van der Waals surface area contributed by atoms with Crippen LogP contribution < -0.4 is 0 Å². The SMILES string of the molecule is c1ccc2c(-c3ccc(-c4nc(-c5ccc6c7ccccc7c7ccccc7c7ccccc7c7ccccc7c6c5)cc(-c5ccncn5)n4)cc3)cccc2c1. The quantitative estimate of drug-likeness (QED) is 0.180. The first-order valence-electron chi connectivity index (χ1n) is 19.5. The third-order valence-electron chi connectivity index (χ3n) is 11.3. The lowest BCUT2D eigenvalue weighted by molar-refractivity contribution is 1.13. The van der Waals surface area contributed by atoms with E-state index in [2.05, 4.69) is 192 Å². The van der Waals surface area contributed by atoms with E-state index < -0.39 is 0 Å². The van der Waals surface area contributed by atoms with Gasteiger partial charge in [-0.3, -0.25) is 0 Å². The smallest absolute Gasteiger partial charge is 0.160 e. The van der Waals surface area contributed by atoms with Crippen molar-refractivity contribution in [3.8, 4) is 45.2 Å². The molecule has 4 nitrogen and oxygen atoms in total. The van der Waals surface area contributed by atoms with Crippen LogP contribution in [0.3, 0.4) is 0 Å². The summed E-state index contributed by atoms with van der Waals surface area (Å²) in [6, 6.07) is 69.4. The van der Waals surface area contributed by atoms with Crippen LogP contribution in [0.5, 0.6) is 0 Å². The van der Waals surface area contributed by atoms with Gasteiger partial charge in [0.1, 0.15) is 6.33 Å². The molecule has 0 atom stereocenters. The molecule has 11 rings (SSSR count). The van der Waals surface area contributed by atoms with Gasteiger partial charge in [-0.1, -0.05) is 176 Å². The second-order valence-electron chi connectivity index (χ2n) is 14.6. The van der Waals surface area contributed by atoms with Gasteiger partial charge in [0.05, 0.1) is 17.1 Å². The van der Waals surface area contributed by atoms with E-state index in [4.69, 9.17) is 9.97 Å². The molecule has 58 heavy (non-hydrogen) atoms. The van der Waals surface area contributed by atoms with Gasteiger partial charge in [-0.2, -0.15) is 0 Å². The lowest BCUT2D eigenvalue weighted by atomic mass is 9.93. The Morgan fingerprint density at radius 1 is 0.293 bits per heavy atom. The van der Waals surface area contributed by atoms with E-state index in [0.717, 1.165) is 49.9 Å². The lowest BCUT2D eigenvalue weighted by Crippen LogP contribution is -1.97. The summed E-state index contributed by atoms with van der Waals surface area (Å²) >= 11 is 0. The predicted octanol–water partition coefficient (Wildman–Crippen LogP) is 14.0. The minimum atomic E-state index is 0.631. The molecule has 11 aromatic rings. The van der Waals surface area contributed by atoms with Crippen molar-refractivity contribution in [2.75, 3.05) is 0 Å². The Balaban J connectivity index is 1.17. The molecular formula is C54H34N4. The van der Waals surface area contributed by atoms with Gasteiger partial charge in [-0.15, -0.1) is 0 Å². The molecule has 2 aromatic heterocycles. The van der Waals surface area contributed by atoms with Crippen LogP contribution in [0.4, 0.5) is 0 Å². The third-order valence-corrected chi connectivity index (χ3v) is 11.3. The van der Waals surface area contributed by atoms with E-state index in [-0.39, 0.29) is 0 Å². The maximum Gasteiger partial charge on any atom is 0.160 e. The molecule has 0 saturated carbocycles. The third kappa shape index (κ3) is 5.78. The normalized spacial score (nSPS) is 11.4. The van der Waals surface area contributed by atoms with Crippen LogP contribution in [0.25, 0.3) is 110 Å². The summed E-state index contributed by atoms with van der Waals surface area (Å²) in [6.45, 7) is 0. The second kappa shape index (κ2) is 14.0. The molecule has 0 aliphatic carbocycles. The van der Waals surface area contributed by atoms with Crippen LogP contribution in [-0.2, 0) is 0 Å². The van der Waals surface area contributed by atoms with Crippen LogP contribution in [-0.4, -0.2) is 19.9 Å². The molecule has 0 amide bonds. The summed E-state index contributed by atoms with van der Waals surface area (Å²) in [5.74, 6) is 0.631. The van der Waals surface area contributed by atoms with Crippen molar-refractivity contribution in [1.82, 2.24) is 19.9 Å². The molecule has 0 spiro atoms. The molecular weight excluding hydrogens is 705 g/mol. The fourth-order valence-electron chi connectivity index (χ4n) is 8.55. The Morgan fingerprint density at radius 2 is 0.759 bits per heavy atom. The molecule has 2 heterocycles. The molecule has 0 fully saturated rings. The zero-order valence-corrected chi connectivity index (χ0v) is 31.4. The highest BCUT2D eigenvalue weighted by Gasteiger charge is 2.15. The standard InChI is InChI=1S/C54H34N4/c1-2-14-39-35(12-1)13-11-23-40(39)36-24-26-37(27-25-36)54-57-52(33-53(58-54)51-30-31-55-34-56-51)38-28-29-49-47-21-8-7-19-45(47)43-17-4-3-15-41(43)42-16-5-6-18-44(42)46-20-9-10-22-48(46)50(49)32-38/h1-34H. The Hall–Kier alpha value is -7.82. The largest absolute Gasteiger partial charge is 0.245 e. The van der Waals surface area contributed by atoms with Gasteiger partial charge in [0.25, 0.3) is 0 Å². The van der Waals surface area contributed by atoms with E-state index in [9.17, 15) is 0 Å². The van der Waals surface area contributed by atoms with Gasteiger partial charge >= 0.3 is 0 Å². The fourth-order valence-corrected chi connectivity index (χ4v) is 8.55. The van der Waals surface area contributed by atoms with Crippen molar-refractivity contribution < 1.29 is 0 Å². The summed E-state index contributed by atoms with van der Waals surface area (Å²) in [5.41, 5.74) is 6.54. The van der Waals surface area contributed by atoms with Crippen molar-refractivity contribution in [2.45, 2.75) is 0 Å². The fraction of sp³-hybridized carbons (Fsp3) is 0. The van der Waals surface area contributed by atoms with E-state index in [1.807, 2.05) is 12.1 Å². The van der Waals surface area contributed by atoms with Crippen molar-refractivity contribution >= 4 is 64.6 Å². The molecule has 4 heteroatoms. The molecule has 0 bridgehead atoms. The summed E-state index contributed by atoms with van der Waals surface area (Å²) in [6.07, 6.45) is 3.32. The summed E-state index contributed by atoms with van der Waals surface area (Å²) in [7, 11) is 0. The molecule has 9 aromatic carbocycles. The molecule has 0 aliphatic rings. The molecule has 0 unspecified atom stereocenters. The van der Waals surface area contributed by atoms with Crippen molar-refractivity contribution in [3.05, 3.63) is 207 Å². The zero-order valence-electron chi connectivity index (χ0n) is 31.4. The van der Waals surface area contributed by atoms with Gasteiger partial charge in [0.15, 0.2) is 5.82 Å². The van der Waals surface area contributed by atoms with E-state index in [1.54, 1.807) is 12.5 Å². The van der Waals surface area contributed by atoms with Crippen LogP contribution in [0.15, 0.2) is 207 Å². The van der Waals surface area contributed by atoms with Gasteiger partial charge in [0, 0.05) is 17.3 Å². The van der Waals surface area contributed by atoms with Crippen LogP contribution in [0, 0.1) is 0 Å². The number of fused-ring (bicyclic) bond motifs is 11. The average molecular weight is 739 g/mol. The van der Waals surface area contributed by atoms with E-state index >= 15 is 0 Å². The lowest BCUT2D eigenvalue weighted by Gasteiger charge is -2.12. The first kappa shape index (κ1) is 33.5. The van der Waals surface area contributed by atoms with Gasteiger partial charge in [-0.05, 0) is 94.0 Å². The molecule has 0 N–H and O–H groups in total. The van der Waals surface area contributed by atoms with Gasteiger partial charge < -0.3 is 0 Å². The predicted molar refractivity (Wildman–Crippen MR) is 242 cm³/mol. The number of rotatable bonds is 4. The Morgan fingerprint density at radius 3 is 1.33 bits per heavy atom. The van der Waals surface area contributed by atoms with Crippen molar-refractivity contribution in [1.29, 1.82) is 0 Å². The Bertz CT molecular complexity index is 3370. The summed E-state index contributed by atoms with van der Waals surface area (Å²) in [5, 5.41) is 14.3. The molecule has 0 aliphatic heterocycles. The Labute approximate surface area is 335 Å². The van der Waals surface area contributed by atoms with Crippen molar-refractivity contribution in [2.24, 2.45) is 0 Å². The highest BCUT2D eigenvalue weighted by molar-refractivity contribution is 6.26. The van der Waals surface area contributed by atoms with E-state index in [0.29, 0.717) is 5.82 Å². The molecule has 270 valence electrons. The highest BCUT2D eigenvalue weighted by atomic mass is 14.9. The maximum absolute atomic E-state index is 5.29. The van der Waals surface area contributed by atoms with E-state index in [1.165, 1.54) is 54.0 Å². The molecule has 0 radical (unpaired) electrons.